The summed E-state index contributed by atoms with van der Waals surface area (Å²) in [4.78, 5) is 0. The summed E-state index contributed by atoms with van der Waals surface area (Å²) in [6, 6.07) is 16.8. The molecule has 0 saturated heterocycles. The third-order valence-electron chi connectivity index (χ3n) is 6.64. The van der Waals surface area contributed by atoms with E-state index in [1.54, 1.807) is 0 Å². The first-order valence-electron chi connectivity index (χ1n) is 11.3. The molecular weight excluding hydrogens is 360 g/mol. The van der Waals surface area contributed by atoms with Crippen LogP contribution < -0.4 is 0 Å². The highest BCUT2D eigenvalue weighted by molar-refractivity contribution is 5.85. The molecule has 3 aromatic rings. The molecule has 0 heterocycles. The number of hydrogen-bond donors (Lipinski definition) is 0. The molecule has 0 aromatic heterocycles. The van der Waals surface area contributed by atoms with Crippen molar-refractivity contribution in [3.8, 4) is 22.3 Å². The maximum Gasteiger partial charge on any atom is -0.00132 e. The molecule has 4 rings (SSSR count). The van der Waals surface area contributed by atoms with Gasteiger partial charge in [0.15, 0.2) is 0 Å². The quantitative estimate of drug-likeness (QED) is 0.303. The van der Waals surface area contributed by atoms with Crippen molar-refractivity contribution in [3.63, 3.8) is 0 Å². The molecule has 30 heavy (non-hydrogen) atoms. The Balaban J connectivity index is 1.98. The minimum absolute atomic E-state index is 0.0819. The fourth-order valence-corrected chi connectivity index (χ4v) is 5.13. The molecule has 0 bridgehead atoms. The summed E-state index contributed by atoms with van der Waals surface area (Å²) in [5.41, 5.74) is 15.9. The van der Waals surface area contributed by atoms with E-state index in [0.717, 1.165) is 6.42 Å². The standard InChI is InChI=1S/C30H36/c1-18-12-19(2)28(20(3)13-18)26-15-22-14-21-10-11-23(29(4,5)6)16-24(21)25(22)17-27(26)30(7,8)9/h10-13,15-17H,14H2,1-9H3. The Morgan fingerprint density at radius 1 is 0.600 bits per heavy atom. The van der Waals surface area contributed by atoms with Gasteiger partial charge in [-0.1, -0.05) is 77.4 Å². The van der Waals surface area contributed by atoms with Gasteiger partial charge in [-0.25, -0.2) is 0 Å². The average molecular weight is 397 g/mol. The average Bonchev–Trinajstić information content (AvgIpc) is 2.95. The second kappa shape index (κ2) is 6.84. The molecule has 0 nitrogen and oxygen atoms in total. The molecule has 0 atom stereocenters. The Bertz CT molecular complexity index is 1120. The molecule has 0 spiro atoms. The number of fused-ring (bicyclic) bond motifs is 3. The first kappa shape index (κ1) is 20.9. The fraction of sp³-hybridized carbons (Fsp3) is 0.400. The minimum atomic E-state index is 0.0819. The largest absolute Gasteiger partial charge is 0.0582 e. The monoisotopic (exact) mass is 396 g/mol. The highest BCUT2D eigenvalue weighted by atomic mass is 14.3. The van der Waals surface area contributed by atoms with Gasteiger partial charge in [0, 0.05) is 0 Å². The lowest BCUT2D eigenvalue weighted by Gasteiger charge is -2.26. The summed E-state index contributed by atoms with van der Waals surface area (Å²) in [5, 5.41) is 0. The van der Waals surface area contributed by atoms with Crippen LogP contribution >= 0.6 is 0 Å². The highest BCUT2D eigenvalue weighted by Gasteiger charge is 2.28. The Labute approximate surface area is 183 Å². The van der Waals surface area contributed by atoms with Crippen LogP contribution in [-0.2, 0) is 17.3 Å². The van der Waals surface area contributed by atoms with Crippen molar-refractivity contribution in [1.29, 1.82) is 0 Å². The van der Waals surface area contributed by atoms with Gasteiger partial charge in [0.1, 0.15) is 0 Å². The number of rotatable bonds is 1. The highest BCUT2D eigenvalue weighted by Crippen LogP contribution is 2.45. The Kier molecular flexibility index (Phi) is 4.77. The van der Waals surface area contributed by atoms with Gasteiger partial charge in [0.05, 0.1) is 0 Å². The Morgan fingerprint density at radius 3 is 1.77 bits per heavy atom. The maximum absolute atomic E-state index is 2.50. The lowest BCUT2D eigenvalue weighted by Crippen LogP contribution is -2.14. The van der Waals surface area contributed by atoms with E-state index in [1.165, 1.54) is 61.2 Å². The molecule has 1 aliphatic rings. The van der Waals surface area contributed by atoms with Crippen LogP contribution in [0.4, 0.5) is 0 Å². The van der Waals surface area contributed by atoms with E-state index >= 15 is 0 Å². The van der Waals surface area contributed by atoms with Crippen LogP contribution in [0.2, 0.25) is 0 Å². The molecule has 0 heteroatoms. The Hall–Kier alpha value is -2.34. The zero-order chi connectivity index (χ0) is 22.0. The van der Waals surface area contributed by atoms with Crippen molar-refractivity contribution < 1.29 is 0 Å². The smallest absolute Gasteiger partial charge is 0.00132 e. The van der Waals surface area contributed by atoms with Gasteiger partial charge in [-0.3, -0.25) is 0 Å². The predicted octanol–water partition coefficient (Wildman–Crippen LogP) is 8.45. The van der Waals surface area contributed by atoms with Crippen molar-refractivity contribution in [2.24, 2.45) is 0 Å². The second-order valence-electron chi connectivity index (χ2n) is 11.4. The summed E-state index contributed by atoms with van der Waals surface area (Å²) >= 11 is 0. The van der Waals surface area contributed by atoms with Crippen LogP contribution in [0.3, 0.4) is 0 Å². The molecular formula is C30H36. The van der Waals surface area contributed by atoms with Crippen molar-refractivity contribution in [3.05, 3.63) is 81.4 Å². The zero-order valence-corrected chi connectivity index (χ0v) is 20.2. The maximum atomic E-state index is 2.50. The van der Waals surface area contributed by atoms with Crippen LogP contribution in [0.25, 0.3) is 22.3 Å². The predicted molar refractivity (Wildman–Crippen MR) is 132 cm³/mol. The normalized spacial score (nSPS) is 13.4. The lowest BCUT2D eigenvalue weighted by molar-refractivity contribution is 0.590. The van der Waals surface area contributed by atoms with E-state index < -0.39 is 0 Å². The minimum Gasteiger partial charge on any atom is -0.0582 e. The molecule has 0 fully saturated rings. The molecule has 156 valence electrons. The van der Waals surface area contributed by atoms with E-state index in [9.17, 15) is 0 Å². The summed E-state index contributed by atoms with van der Waals surface area (Å²) in [6.45, 7) is 20.7. The molecule has 0 radical (unpaired) electrons. The van der Waals surface area contributed by atoms with E-state index in [0.29, 0.717) is 0 Å². The van der Waals surface area contributed by atoms with Crippen LogP contribution in [0.1, 0.15) is 80.5 Å². The van der Waals surface area contributed by atoms with Crippen molar-refractivity contribution >= 4 is 0 Å². The molecule has 0 saturated carbocycles. The van der Waals surface area contributed by atoms with Crippen molar-refractivity contribution in [1.82, 2.24) is 0 Å². The molecule has 0 aliphatic heterocycles. The van der Waals surface area contributed by atoms with E-state index in [1.807, 2.05) is 0 Å². The third-order valence-corrected chi connectivity index (χ3v) is 6.64. The van der Waals surface area contributed by atoms with E-state index in [-0.39, 0.29) is 10.8 Å². The van der Waals surface area contributed by atoms with Gasteiger partial charge in [-0.05, 0) is 106 Å². The van der Waals surface area contributed by atoms with Crippen LogP contribution in [-0.4, -0.2) is 0 Å². The lowest BCUT2D eigenvalue weighted by atomic mass is 9.78. The SMILES string of the molecule is Cc1cc(C)c(-c2cc3c(cc2C(C)(C)C)-c2cc(C(C)(C)C)ccc2C3)c(C)c1. The van der Waals surface area contributed by atoms with E-state index in [4.69, 9.17) is 0 Å². The summed E-state index contributed by atoms with van der Waals surface area (Å²) in [5.74, 6) is 0. The summed E-state index contributed by atoms with van der Waals surface area (Å²) in [6.07, 6.45) is 1.04. The van der Waals surface area contributed by atoms with Gasteiger partial charge in [-0.2, -0.15) is 0 Å². The van der Waals surface area contributed by atoms with Gasteiger partial charge in [0.2, 0.25) is 0 Å². The third kappa shape index (κ3) is 3.51. The summed E-state index contributed by atoms with van der Waals surface area (Å²) in [7, 11) is 0. The van der Waals surface area contributed by atoms with Gasteiger partial charge in [-0.15, -0.1) is 0 Å². The molecule has 0 N–H and O–H groups in total. The van der Waals surface area contributed by atoms with Crippen molar-refractivity contribution in [2.45, 2.75) is 79.6 Å². The Morgan fingerprint density at radius 2 is 1.20 bits per heavy atom. The molecule has 0 amide bonds. The molecule has 1 aliphatic carbocycles. The van der Waals surface area contributed by atoms with Gasteiger partial charge >= 0.3 is 0 Å². The van der Waals surface area contributed by atoms with Crippen LogP contribution in [0, 0.1) is 20.8 Å². The van der Waals surface area contributed by atoms with Crippen molar-refractivity contribution in [2.75, 3.05) is 0 Å². The first-order chi connectivity index (χ1) is 13.9. The second-order valence-corrected chi connectivity index (χ2v) is 11.4. The zero-order valence-electron chi connectivity index (χ0n) is 20.2. The first-order valence-corrected chi connectivity index (χ1v) is 11.3. The summed E-state index contributed by atoms with van der Waals surface area (Å²) < 4.78 is 0. The van der Waals surface area contributed by atoms with Gasteiger partial charge in [0.25, 0.3) is 0 Å². The van der Waals surface area contributed by atoms with Gasteiger partial charge < -0.3 is 0 Å². The fourth-order valence-electron chi connectivity index (χ4n) is 5.13. The number of benzene rings is 3. The molecule has 0 unspecified atom stereocenters. The number of aryl methyl sites for hydroxylation is 3. The van der Waals surface area contributed by atoms with Crippen LogP contribution in [0.15, 0.2) is 42.5 Å². The van der Waals surface area contributed by atoms with E-state index in [2.05, 4.69) is 105 Å². The van der Waals surface area contributed by atoms with Crippen LogP contribution in [0.5, 0.6) is 0 Å². The number of hydrogen-bond acceptors (Lipinski definition) is 0. The topological polar surface area (TPSA) is 0 Å². The molecule has 3 aromatic carbocycles.